The molecule has 0 aromatic carbocycles. The van der Waals surface area contributed by atoms with Gasteiger partial charge in [-0.15, -0.1) is 0 Å². The molecule has 1 aliphatic rings. The third-order valence-corrected chi connectivity index (χ3v) is 2.46. The molecule has 0 aliphatic heterocycles. The first kappa shape index (κ1) is 13.3. The van der Waals surface area contributed by atoms with Gasteiger partial charge in [-0.3, -0.25) is 0 Å². The number of ether oxygens (including phenoxy) is 1. The van der Waals surface area contributed by atoms with Crippen molar-refractivity contribution in [1.82, 2.24) is 10.2 Å². The zero-order chi connectivity index (χ0) is 12.2. The third-order valence-electron chi connectivity index (χ3n) is 2.46. The molecule has 4 heteroatoms. The van der Waals surface area contributed by atoms with E-state index in [1.807, 2.05) is 20.8 Å². The van der Waals surface area contributed by atoms with E-state index in [4.69, 9.17) is 4.74 Å². The summed E-state index contributed by atoms with van der Waals surface area (Å²) in [5.74, 6) is 0.881. The van der Waals surface area contributed by atoms with E-state index in [1.165, 1.54) is 12.8 Å². The maximum absolute atomic E-state index is 11.6. The Kier molecular flexibility index (Phi) is 4.59. The van der Waals surface area contributed by atoms with E-state index in [0.717, 1.165) is 19.0 Å². The predicted molar refractivity (Wildman–Crippen MR) is 64.5 cm³/mol. The molecule has 1 N–H and O–H groups in total. The summed E-state index contributed by atoms with van der Waals surface area (Å²) in [5, 5.41) is 3.35. The highest BCUT2D eigenvalue weighted by Gasteiger charge is 2.21. The first-order valence-electron chi connectivity index (χ1n) is 6.03. The topological polar surface area (TPSA) is 41.6 Å². The van der Waals surface area contributed by atoms with Gasteiger partial charge in [0.2, 0.25) is 0 Å². The van der Waals surface area contributed by atoms with Gasteiger partial charge < -0.3 is 15.0 Å². The molecule has 0 radical (unpaired) electrons. The Hall–Kier alpha value is -0.770. The molecular formula is C12H24N2O2. The Morgan fingerprint density at radius 2 is 2.06 bits per heavy atom. The van der Waals surface area contributed by atoms with E-state index in [-0.39, 0.29) is 6.09 Å². The number of nitrogens with zero attached hydrogens (tertiary/aromatic N) is 1. The predicted octanol–water partition coefficient (Wildman–Crippen LogP) is 1.85. The van der Waals surface area contributed by atoms with Gasteiger partial charge in [0.25, 0.3) is 0 Å². The van der Waals surface area contributed by atoms with Crippen molar-refractivity contribution in [2.75, 3.05) is 26.7 Å². The molecule has 1 amide bonds. The van der Waals surface area contributed by atoms with Crippen molar-refractivity contribution >= 4 is 6.09 Å². The quantitative estimate of drug-likeness (QED) is 0.730. The fourth-order valence-corrected chi connectivity index (χ4v) is 1.31. The Labute approximate surface area is 98.3 Å². The summed E-state index contributed by atoms with van der Waals surface area (Å²) in [6, 6.07) is 0. The van der Waals surface area contributed by atoms with Crippen molar-refractivity contribution in [3.8, 4) is 0 Å². The van der Waals surface area contributed by atoms with Gasteiger partial charge in [-0.05, 0) is 46.1 Å². The summed E-state index contributed by atoms with van der Waals surface area (Å²) in [6.07, 6.45) is 2.46. The van der Waals surface area contributed by atoms with Gasteiger partial charge in [0.1, 0.15) is 5.60 Å². The highest BCUT2D eigenvalue weighted by atomic mass is 16.6. The second-order valence-corrected chi connectivity index (χ2v) is 5.55. The Morgan fingerprint density at radius 1 is 1.44 bits per heavy atom. The van der Waals surface area contributed by atoms with Gasteiger partial charge in [0.15, 0.2) is 0 Å². The fourth-order valence-electron chi connectivity index (χ4n) is 1.31. The third kappa shape index (κ3) is 5.95. The maximum Gasteiger partial charge on any atom is 0.410 e. The normalized spacial score (nSPS) is 16.0. The van der Waals surface area contributed by atoms with Gasteiger partial charge >= 0.3 is 6.09 Å². The monoisotopic (exact) mass is 228 g/mol. The largest absolute Gasteiger partial charge is 0.444 e. The molecule has 94 valence electrons. The molecule has 0 heterocycles. The van der Waals surface area contributed by atoms with Crippen LogP contribution in [0.4, 0.5) is 4.79 Å². The lowest BCUT2D eigenvalue weighted by Gasteiger charge is -2.24. The summed E-state index contributed by atoms with van der Waals surface area (Å²) >= 11 is 0. The van der Waals surface area contributed by atoms with E-state index < -0.39 is 5.60 Å². The van der Waals surface area contributed by atoms with Crippen LogP contribution in [0.15, 0.2) is 0 Å². The molecule has 1 fully saturated rings. The lowest BCUT2D eigenvalue weighted by Crippen LogP contribution is -2.38. The van der Waals surface area contributed by atoms with Crippen LogP contribution in [0.1, 0.15) is 33.6 Å². The molecule has 0 aromatic rings. The van der Waals surface area contributed by atoms with Crippen LogP contribution in [0.25, 0.3) is 0 Å². The molecule has 1 aliphatic carbocycles. The molecule has 1 saturated carbocycles. The summed E-state index contributed by atoms with van der Waals surface area (Å²) in [6.45, 7) is 8.26. The molecule has 0 saturated heterocycles. The number of hydrogen-bond donors (Lipinski definition) is 1. The molecule has 0 bridgehead atoms. The van der Waals surface area contributed by atoms with E-state index in [9.17, 15) is 4.79 Å². The summed E-state index contributed by atoms with van der Waals surface area (Å²) < 4.78 is 5.25. The van der Waals surface area contributed by atoms with Crippen LogP contribution in [0, 0.1) is 5.92 Å². The minimum atomic E-state index is -0.410. The van der Waals surface area contributed by atoms with Crippen LogP contribution in [0.3, 0.4) is 0 Å². The molecule has 4 nitrogen and oxygen atoms in total. The zero-order valence-corrected chi connectivity index (χ0v) is 10.9. The van der Waals surface area contributed by atoms with Crippen LogP contribution in [0.2, 0.25) is 0 Å². The number of rotatable bonds is 5. The maximum atomic E-state index is 11.6. The average molecular weight is 228 g/mol. The standard InChI is InChI=1S/C12H24N2O2/c1-12(2,3)16-11(15)14(4)8-7-13-9-10-5-6-10/h10,13H,5-9H2,1-4H3. The van der Waals surface area contributed by atoms with Gasteiger partial charge in [-0.25, -0.2) is 4.79 Å². The fraction of sp³-hybridized carbons (Fsp3) is 0.917. The smallest absolute Gasteiger partial charge is 0.410 e. The Bertz CT molecular complexity index is 232. The second kappa shape index (κ2) is 5.53. The molecule has 16 heavy (non-hydrogen) atoms. The van der Waals surface area contributed by atoms with Gasteiger partial charge in [0.05, 0.1) is 0 Å². The first-order chi connectivity index (χ1) is 7.38. The highest BCUT2D eigenvalue weighted by molar-refractivity contribution is 5.67. The number of nitrogens with one attached hydrogen (secondary N) is 1. The molecule has 0 atom stereocenters. The van der Waals surface area contributed by atoms with Crippen LogP contribution in [-0.4, -0.2) is 43.3 Å². The summed E-state index contributed by atoms with van der Waals surface area (Å²) in [5.41, 5.74) is -0.410. The van der Waals surface area contributed by atoms with Crippen LogP contribution >= 0.6 is 0 Å². The number of likely N-dealkylation sites (N-methyl/N-ethyl adjacent to an activating group) is 1. The molecule has 0 spiro atoms. The minimum Gasteiger partial charge on any atom is -0.444 e. The van der Waals surface area contributed by atoms with E-state index in [0.29, 0.717) is 6.54 Å². The van der Waals surface area contributed by atoms with Gasteiger partial charge in [-0.2, -0.15) is 0 Å². The molecule has 1 rings (SSSR count). The Balaban J connectivity index is 2.07. The van der Waals surface area contributed by atoms with E-state index in [2.05, 4.69) is 5.32 Å². The highest BCUT2D eigenvalue weighted by Crippen LogP contribution is 2.27. The molecule has 0 aromatic heterocycles. The number of carbonyl (C=O) groups is 1. The summed E-state index contributed by atoms with van der Waals surface area (Å²) in [4.78, 5) is 13.2. The number of amides is 1. The van der Waals surface area contributed by atoms with Crippen molar-refractivity contribution in [2.24, 2.45) is 5.92 Å². The van der Waals surface area contributed by atoms with Crippen molar-refractivity contribution in [3.05, 3.63) is 0 Å². The second-order valence-electron chi connectivity index (χ2n) is 5.55. The number of carbonyl (C=O) groups excluding carboxylic acids is 1. The average Bonchev–Trinajstić information content (AvgIpc) is 2.92. The zero-order valence-electron chi connectivity index (χ0n) is 10.9. The van der Waals surface area contributed by atoms with Crippen molar-refractivity contribution < 1.29 is 9.53 Å². The van der Waals surface area contributed by atoms with Crippen molar-refractivity contribution in [1.29, 1.82) is 0 Å². The first-order valence-corrected chi connectivity index (χ1v) is 6.03. The van der Waals surface area contributed by atoms with Gasteiger partial charge in [0, 0.05) is 20.1 Å². The minimum absolute atomic E-state index is 0.249. The Morgan fingerprint density at radius 3 is 2.56 bits per heavy atom. The van der Waals surface area contributed by atoms with E-state index in [1.54, 1.807) is 11.9 Å². The molecular weight excluding hydrogens is 204 g/mol. The van der Waals surface area contributed by atoms with Crippen molar-refractivity contribution in [3.63, 3.8) is 0 Å². The van der Waals surface area contributed by atoms with Crippen LogP contribution in [0.5, 0.6) is 0 Å². The van der Waals surface area contributed by atoms with E-state index >= 15 is 0 Å². The van der Waals surface area contributed by atoms with Gasteiger partial charge in [-0.1, -0.05) is 0 Å². The van der Waals surface area contributed by atoms with Crippen LogP contribution < -0.4 is 5.32 Å². The lowest BCUT2D eigenvalue weighted by molar-refractivity contribution is 0.0300. The summed E-state index contributed by atoms with van der Waals surface area (Å²) in [7, 11) is 1.77. The lowest BCUT2D eigenvalue weighted by atomic mass is 10.2. The number of hydrogen-bond acceptors (Lipinski definition) is 3. The van der Waals surface area contributed by atoms with Crippen LogP contribution in [-0.2, 0) is 4.74 Å². The SMILES string of the molecule is CN(CCNCC1CC1)C(=O)OC(C)(C)C. The molecule has 0 unspecified atom stereocenters. The van der Waals surface area contributed by atoms with Crippen molar-refractivity contribution in [2.45, 2.75) is 39.2 Å².